The predicted molar refractivity (Wildman–Crippen MR) is 118 cm³/mol. The summed E-state index contributed by atoms with van der Waals surface area (Å²) >= 11 is 0. The number of benzene rings is 2. The quantitative estimate of drug-likeness (QED) is 0.422. The number of ether oxygens (including phenoxy) is 3. The molecule has 1 aliphatic heterocycles. The number of hydrogen-bond acceptors (Lipinski definition) is 7. The van der Waals surface area contributed by atoms with Crippen LogP contribution < -0.4 is 9.47 Å². The third-order valence-electron chi connectivity index (χ3n) is 5.54. The predicted octanol–water partition coefficient (Wildman–Crippen LogP) is 3.45. The molecule has 0 N–H and O–H groups in total. The first-order chi connectivity index (χ1) is 15.7. The lowest BCUT2D eigenvalue weighted by Gasteiger charge is -2.32. The Morgan fingerprint density at radius 1 is 1.03 bits per heavy atom. The maximum absolute atomic E-state index is 13.8. The second-order valence-corrected chi connectivity index (χ2v) is 9.53. The van der Waals surface area contributed by atoms with E-state index < -0.39 is 34.2 Å². The third kappa shape index (κ3) is 5.33. The van der Waals surface area contributed by atoms with Crippen molar-refractivity contribution in [1.82, 2.24) is 4.31 Å². The van der Waals surface area contributed by atoms with E-state index in [1.54, 1.807) is 0 Å². The number of methoxy groups -OCH3 is 2. The molecule has 10 heteroatoms. The van der Waals surface area contributed by atoms with E-state index >= 15 is 0 Å². The van der Waals surface area contributed by atoms with E-state index in [2.05, 4.69) is 0 Å². The van der Waals surface area contributed by atoms with Crippen LogP contribution >= 0.6 is 0 Å². The lowest BCUT2D eigenvalue weighted by atomic mass is 10.1. The Bertz CT molecular complexity index is 1150. The number of halogens is 1. The monoisotopic (exact) mass is 479 g/mol. The van der Waals surface area contributed by atoms with Crippen molar-refractivity contribution in [2.24, 2.45) is 0 Å². The molecule has 8 nitrogen and oxygen atoms in total. The smallest absolute Gasteiger partial charge is 0.338 e. The Kier molecular flexibility index (Phi) is 7.70. The molecule has 0 amide bonds. The van der Waals surface area contributed by atoms with Gasteiger partial charge in [-0.25, -0.2) is 17.6 Å². The van der Waals surface area contributed by atoms with Gasteiger partial charge in [0.25, 0.3) is 0 Å². The summed E-state index contributed by atoms with van der Waals surface area (Å²) in [6.07, 6.45) is 2.45. The molecule has 0 spiro atoms. The van der Waals surface area contributed by atoms with E-state index in [-0.39, 0.29) is 33.6 Å². The molecule has 33 heavy (non-hydrogen) atoms. The minimum Gasteiger partial charge on any atom is -0.495 e. The van der Waals surface area contributed by atoms with Gasteiger partial charge < -0.3 is 14.2 Å². The molecule has 0 aliphatic carbocycles. The van der Waals surface area contributed by atoms with Gasteiger partial charge in [-0.05, 0) is 56.2 Å². The highest BCUT2D eigenvalue weighted by Crippen LogP contribution is 2.32. The maximum Gasteiger partial charge on any atom is 0.338 e. The van der Waals surface area contributed by atoms with Gasteiger partial charge in [0.1, 0.15) is 10.6 Å². The van der Waals surface area contributed by atoms with Crippen LogP contribution in [0.4, 0.5) is 4.39 Å². The van der Waals surface area contributed by atoms with Crippen LogP contribution in [0.1, 0.15) is 46.9 Å². The summed E-state index contributed by atoms with van der Waals surface area (Å²) in [5, 5.41) is 0. The largest absolute Gasteiger partial charge is 0.495 e. The van der Waals surface area contributed by atoms with Crippen molar-refractivity contribution in [2.75, 3.05) is 27.4 Å². The van der Waals surface area contributed by atoms with Crippen molar-refractivity contribution >= 4 is 21.8 Å². The Labute approximate surface area is 192 Å². The second-order valence-electron chi connectivity index (χ2n) is 7.67. The van der Waals surface area contributed by atoms with E-state index in [4.69, 9.17) is 14.2 Å². The van der Waals surface area contributed by atoms with Crippen LogP contribution in [0.25, 0.3) is 0 Å². The van der Waals surface area contributed by atoms with Crippen LogP contribution in [-0.4, -0.2) is 57.9 Å². The molecule has 0 bridgehead atoms. The number of esters is 1. The molecule has 0 saturated carbocycles. The lowest BCUT2D eigenvalue weighted by Crippen LogP contribution is -2.42. The van der Waals surface area contributed by atoms with Gasteiger partial charge in [0.15, 0.2) is 24.0 Å². The highest BCUT2D eigenvalue weighted by molar-refractivity contribution is 7.89. The SMILES string of the molecule is COc1ccc(C(=O)COC(=O)c2ccc(OC)c(S(=O)(=O)N3CCCCC3C)c2)cc1F. The van der Waals surface area contributed by atoms with E-state index in [1.165, 1.54) is 48.9 Å². The van der Waals surface area contributed by atoms with Crippen molar-refractivity contribution in [2.45, 2.75) is 37.1 Å². The zero-order chi connectivity index (χ0) is 24.2. The molecule has 1 atom stereocenters. The molecule has 178 valence electrons. The summed E-state index contributed by atoms with van der Waals surface area (Å²) in [7, 11) is -1.27. The van der Waals surface area contributed by atoms with E-state index in [9.17, 15) is 22.4 Å². The first-order valence-corrected chi connectivity index (χ1v) is 11.9. The zero-order valence-electron chi connectivity index (χ0n) is 18.7. The Morgan fingerprint density at radius 3 is 2.33 bits per heavy atom. The summed E-state index contributed by atoms with van der Waals surface area (Å²) in [4.78, 5) is 24.7. The van der Waals surface area contributed by atoms with Crippen molar-refractivity contribution in [3.05, 3.63) is 53.3 Å². The van der Waals surface area contributed by atoms with Crippen LogP contribution in [0.2, 0.25) is 0 Å². The number of carbonyl (C=O) groups is 2. The van der Waals surface area contributed by atoms with Crippen molar-refractivity contribution in [1.29, 1.82) is 0 Å². The molecule has 2 aromatic carbocycles. The minimum absolute atomic E-state index is 0.0122. The topological polar surface area (TPSA) is 99.2 Å². The van der Waals surface area contributed by atoms with Gasteiger partial charge in [0, 0.05) is 18.2 Å². The first kappa shape index (κ1) is 24.7. The van der Waals surface area contributed by atoms with Gasteiger partial charge in [0.05, 0.1) is 19.8 Å². The number of Topliss-reactive ketones (excluding diaryl/α,β-unsaturated/α-hetero) is 1. The maximum atomic E-state index is 13.8. The van der Waals surface area contributed by atoms with Gasteiger partial charge in [-0.2, -0.15) is 4.31 Å². The van der Waals surface area contributed by atoms with Crippen molar-refractivity contribution < 1.29 is 36.6 Å². The number of carbonyl (C=O) groups excluding carboxylic acids is 2. The van der Waals surface area contributed by atoms with Gasteiger partial charge >= 0.3 is 5.97 Å². The fourth-order valence-corrected chi connectivity index (χ4v) is 5.58. The highest BCUT2D eigenvalue weighted by Gasteiger charge is 2.33. The van der Waals surface area contributed by atoms with E-state index in [0.717, 1.165) is 25.3 Å². The van der Waals surface area contributed by atoms with Gasteiger partial charge in [-0.3, -0.25) is 4.79 Å². The van der Waals surface area contributed by atoms with Gasteiger partial charge in [-0.15, -0.1) is 0 Å². The first-order valence-electron chi connectivity index (χ1n) is 10.4. The van der Waals surface area contributed by atoms with Crippen LogP contribution in [0.3, 0.4) is 0 Å². The molecule has 2 aromatic rings. The molecule has 1 fully saturated rings. The number of rotatable bonds is 8. The average molecular weight is 480 g/mol. The average Bonchev–Trinajstić information content (AvgIpc) is 2.81. The molecule has 1 heterocycles. The van der Waals surface area contributed by atoms with Crippen molar-refractivity contribution in [3.63, 3.8) is 0 Å². The van der Waals surface area contributed by atoms with E-state index in [1.807, 2.05) is 6.92 Å². The number of hydrogen-bond donors (Lipinski definition) is 0. The number of piperidine rings is 1. The summed E-state index contributed by atoms with van der Waals surface area (Å²) in [6.45, 7) is 1.59. The van der Waals surface area contributed by atoms with Gasteiger partial charge in [-0.1, -0.05) is 6.42 Å². The van der Waals surface area contributed by atoms with Crippen LogP contribution in [0.5, 0.6) is 11.5 Å². The number of ketones is 1. The normalized spacial score (nSPS) is 16.8. The standard InChI is InChI=1S/C23H26FNO7S/c1-15-6-4-5-11-25(15)33(28,29)22-13-17(8-10-21(22)31-3)23(27)32-14-19(26)16-7-9-20(30-2)18(24)12-16/h7-10,12-13,15H,4-6,11,14H2,1-3H3. The fraction of sp³-hybridized carbons (Fsp3) is 0.391. The summed E-state index contributed by atoms with van der Waals surface area (Å²) < 4.78 is 56.9. The molecule has 1 unspecified atom stereocenters. The third-order valence-corrected chi connectivity index (χ3v) is 7.57. The minimum atomic E-state index is -3.92. The zero-order valence-corrected chi connectivity index (χ0v) is 19.5. The second kappa shape index (κ2) is 10.3. The molecule has 0 radical (unpaired) electrons. The molecule has 1 saturated heterocycles. The Hall–Kier alpha value is -2.98. The Balaban J connectivity index is 1.78. The number of nitrogens with zero attached hydrogens (tertiary/aromatic N) is 1. The lowest BCUT2D eigenvalue weighted by molar-refractivity contribution is 0.0474. The summed E-state index contributed by atoms with van der Waals surface area (Å²) in [5.41, 5.74) is -0.0362. The van der Waals surface area contributed by atoms with Crippen LogP contribution in [0, 0.1) is 5.82 Å². The van der Waals surface area contributed by atoms with Gasteiger partial charge in [0.2, 0.25) is 10.0 Å². The molecular weight excluding hydrogens is 453 g/mol. The van der Waals surface area contributed by atoms with Crippen LogP contribution in [-0.2, 0) is 14.8 Å². The summed E-state index contributed by atoms with van der Waals surface area (Å²) in [6, 6.07) is 7.40. The van der Waals surface area contributed by atoms with E-state index in [0.29, 0.717) is 6.54 Å². The molecule has 0 aromatic heterocycles. The van der Waals surface area contributed by atoms with Crippen molar-refractivity contribution in [3.8, 4) is 11.5 Å². The molecule has 1 aliphatic rings. The molecular formula is C23H26FNO7S. The highest BCUT2D eigenvalue weighted by atomic mass is 32.2. The fourth-order valence-electron chi connectivity index (χ4n) is 3.70. The Morgan fingerprint density at radius 2 is 1.70 bits per heavy atom. The summed E-state index contributed by atoms with van der Waals surface area (Å²) in [5.74, 6) is -2.13. The number of sulfonamides is 1. The molecule has 3 rings (SSSR count). The van der Waals surface area contributed by atoms with Crippen LogP contribution in [0.15, 0.2) is 41.3 Å².